The summed E-state index contributed by atoms with van der Waals surface area (Å²) in [4.78, 5) is 24.8. The summed E-state index contributed by atoms with van der Waals surface area (Å²) in [6.07, 6.45) is 5.91. The third-order valence-electron chi connectivity index (χ3n) is 5.65. The number of anilines is 2. The molecule has 3 rings (SSSR count). The van der Waals surface area contributed by atoms with Gasteiger partial charge in [0, 0.05) is 17.6 Å². The van der Waals surface area contributed by atoms with Crippen molar-refractivity contribution < 1.29 is 14.3 Å². The maximum absolute atomic E-state index is 12.7. The highest BCUT2D eigenvalue weighted by Gasteiger charge is 2.27. The summed E-state index contributed by atoms with van der Waals surface area (Å²) >= 11 is 0. The number of benzene rings is 1. The van der Waals surface area contributed by atoms with Gasteiger partial charge >= 0.3 is 6.09 Å². The maximum atomic E-state index is 12.7. The van der Waals surface area contributed by atoms with E-state index < -0.39 is 11.7 Å². The third kappa shape index (κ3) is 6.58. The number of rotatable bonds is 4. The molecule has 1 aromatic heterocycles. The number of nitrogens with zero attached hydrogens (tertiary/aromatic N) is 2. The highest BCUT2D eigenvalue weighted by Crippen LogP contribution is 2.29. The molecule has 1 saturated carbocycles. The van der Waals surface area contributed by atoms with Gasteiger partial charge in [-0.15, -0.1) is 0 Å². The number of hydrogen-bond donors (Lipinski definition) is 2. The first kappa shape index (κ1) is 23.8. The molecule has 1 aromatic carbocycles. The molecule has 32 heavy (non-hydrogen) atoms. The molecule has 1 heterocycles. The zero-order valence-electron chi connectivity index (χ0n) is 20.1. The Morgan fingerprint density at radius 3 is 2.16 bits per heavy atom. The zero-order chi connectivity index (χ0) is 23.5. The average molecular weight is 441 g/mol. The van der Waals surface area contributed by atoms with E-state index in [9.17, 15) is 9.59 Å². The second kappa shape index (κ2) is 9.35. The number of nitrogens with one attached hydrogen (secondary N) is 2. The molecular formula is C25H36N4O3. The lowest BCUT2D eigenvalue weighted by Gasteiger charge is -2.29. The molecule has 2 aromatic rings. The van der Waals surface area contributed by atoms with Gasteiger partial charge in [0.15, 0.2) is 0 Å². The van der Waals surface area contributed by atoms with E-state index in [1.165, 1.54) is 18.0 Å². The van der Waals surface area contributed by atoms with Crippen LogP contribution >= 0.6 is 0 Å². The topological polar surface area (TPSA) is 85.2 Å². The minimum atomic E-state index is -0.603. The van der Waals surface area contributed by atoms with Gasteiger partial charge in [0.05, 0.1) is 18.1 Å². The van der Waals surface area contributed by atoms with Crippen LogP contribution in [0.15, 0.2) is 36.7 Å². The lowest BCUT2D eigenvalue weighted by Crippen LogP contribution is -2.32. The number of hydrogen-bond acceptors (Lipinski definition) is 5. The van der Waals surface area contributed by atoms with Crippen LogP contribution in [0.25, 0.3) is 0 Å². The summed E-state index contributed by atoms with van der Waals surface area (Å²) in [5.74, 6) is -0.0667. The average Bonchev–Trinajstić information content (AvgIpc) is 3.16. The molecule has 0 bridgehead atoms. The summed E-state index contributed by atoms with van der Waals surface area (Å²) in [6.45, 7) is 12.0. The predicted molar refractivity (Wildman–Crippen MR) is 127 cm³/mol. The highest BCUT2D eigenvalue weighted by atomic mass is 16.6. The molecule has 2 N–H and O–H groups in total. The minimum Gasteiger partial charge on any atom is -0.442 e. The molecule has 7 heteroatoms. The molecule has 0 unspecified atom stereocenters. The van der Waals surface area contributed by atoms with E-state index in [-0.39, 0.29) is 17.2 Å². The van der Waals surface area contributed by atoms with Crippen molar-refractivity contribution in [2.75, 3.05) is 10.6 Å². The number of aromatic nitrogens is 2. The fourth-order valence-electron chi connectivity index (χ4n) is 3.84. The van der Waals surface area contributed by atoms with Crippen LogP contribution in [-0.4, -0.2) is 33.4 Å². The maximum Gasteiger partial charge on any atom is 0.435 e. The van der Waals surface area contributed by atoms with Crippen LogP contribution in [0, 0.1) is 5.92 Å². The van der Waals surface area contributed by atoms with Gasteiger partial charge in [-0.05, 0) is 69.6 Å². The van der Waals surface area contributed by atoms with E-state index in [0.717, 1.165) is 36.1 Å². The van der Waals surface area contributed by atoms with Crippen molar-refractivity contribution in [3.8, 4) is 0 Å². The van der Waals surface area contributed by atoms with E-state index in [4.69, 9.17) is 4.74 Å². The second-order valence-corrected chi connectivity index (χ2v) is 10.7. The molecule has 1 fully saturated rings. The Kier molecular flexibility index (Phi) is 6.96. The summed E-state index contributed by atoms with van der Waals surface area (Å²) < 4.78 is 6.39. The van der Waals surface area contributed by atoms with Crippen molar-refractivity contribution in [2.45, 2.75) is 84.3 Å². The normalized spacial score (nSPS) is 19.3. The van der Waals surface area contributed by atoms with Gasteiger partial charge in [-0.2, -0.15) is 9.78 Å². The number of amides is 1. The van der Waals surface area contributed by atoms with E-state index in [2.05, 4.69) is 60.8 Å². The summed E-state index contributed by atoms with van der Waals surface area (Å²) in [5.41, 5.74) is 2.49. The molecule has 174 valence electrons. The molecule has 0 atom stereocenters. The van der Waals surface area contributed by atoms with Crippen molar-refractivity contribution in [1.29, 1.82) is 0 Å². The SMILES string of the molecule is CC(C)(C)OC(=O)n1cc(NC(=O)C2CCC(Nc3ccc(C(C)(C)C)cc3)CC2)cn1. The first-order valence-electron chi connectivity index (χ1n) is 11.4. The molecule has 0 aliphatic heterocycles. The van der Waals surface area contributed by atoms with Crippen LogP contribution in [0.5, 0.6) is 0 Å². The fraction of sp³-hybridized carbons (Fsp3) is 0.560. The van der Waals surface area contributed by atoms with E-state index in [0.29, 0.717) is 11.7 Å². The molecule has 1 aliphatic carbocycles. The van der Waals surface area contributed by atoms with Crippen molar-refractivity contribution in [3.05, 3.63) is 42.2 Å². The molecular weight excluding hydrogens is 404 g/mol. The van der Waals surface area contributed by atoms with Crippen LogP contribution in [0.2, 0.25) is 0 Å². The standard InChI is InChI=1S/C25H36N4O3/c1-24(2,3)18-9-13-20(14-10-18)27-19-11-7-17(8-12-19)22(30)28-21-15-26-29(16-21)23(31)32-25(4,5)6/h9-10,13-17,19,27H,7-8,11-12H2,1-6H3,(H,28,30). The Morgan fingerprint density at radius 2 is 1.59 bits per heavy atom. The van der Waals surface area contributed by atoms with Gasteiger partial charge in [0.2, 0.25) is 5.91 Å². The molecule has 1 aliphatic rings. The highest BCUT2D eigenvalue weighted by molar-refractivity contribution is 5.92. The van der Waals surface area contributed by atoms with Gasteiger partial charge < -0.3 is 15.4 Å². The first-order valence-corrected chi connectivity index (χ1v) is 11.4. The summed E-state index contributed by atoms with van der Waals surface area (Å²) in [6, 6.07) is 9.01. The van der Waals surface area contributed by atoms with Crippen molar-refractivity contribution >= 4 is 23.4 Å². The Labute approximate surface area is 190 Å². The Balaban J connectivity index is 1.47. The molecule has 7 nitrogen and oxygen atoms in total. The molecule has 0 saturated heterocycles. The number of carbonyl (C=O) groups excluding carboxylic acids is 2. The van der Waals surface area contributed by atoms with Crippen LogP contribution in [-0.2, 0) is 14.9 Å². The van der Waals surface area contributed by atoms with Gasteiger partial charge in [-0.1, -0.05) is 32.9 Å². The van der Waals surface area contributed by atoms with E-state index >= 15 is 0 Å². The third-order valence-corrected chi connectivity index (χ3v) is 5.65. The minimum absolute atomic E-state index is 0.0262. The van der Waals surface area contributed by atoms with Gasteiger partial charge in [0.1, 0.15) is 5.60 Å². The molecule has 0 spiro atoms. The van der Waals surface area contributed by atoms with Crippen LogP contribution in [0.4, 0.5) is 16.2 Å². The van der Waals surface area contributed by atoms with Crippen LogP contribution in [0.1, 0.15) is 72.8 Å². The van der Waals surface area contributed by atoms with Crippen molar-refractivity contribution in [3.63, 3.8) is 0 Å². The lowest BCUT2D eigenvalue weighted by atomic mass is 9.85. The lowest BCUT2D eigenvalue weighted by molar-refractivity contribution is -0.120. The zero-order valence-corrected chi connectivity index (χ0v) is 20.1. The van der Waals surface area contributed by atoms with E-state index in [1.54, 1.807) is 20.8 Å². The molecule has 0 radical (unpaired) electrons. The van der Waals surface area contributed by atoms with Gasteiger partial charge in [-0.3, -0.25) is 4.79 Å². The monoisotopic (exact) mass is 440 g/mol. The van der Waals surface area contributed by atoms with Crippen LogP contribution < -0.4 is 10.6 Å². The summed E-state index contributed by atoms with van der Waals surface area (Å²) in [7, 11) is 0. The fourth-order valence-corrected chi connectivity index (χ4v) is 3.84. The largest absolute Gasteiger partial charge is 0.442 e. The molecule has 1 amide bonds. The predicted octanol–water partition coefficient (Wildman–Crippen LogP) is 5.57. The second-order valence-electron chi connectivity index (χ2n) is 10.7. The first-order chi connectivity index (χ1) is 14.9. The van der Waals surface area contributed by atoms with Gasteiger partial charge in [-0.25, -0.2) is 4.79 Å². The number of ether oxygens (including phenoxy) is 1. The van der Waals surface area contributed by atoms with E-state index in [1.807, 2.05) is 0 Å². The Hall–Kier alpha value is -2.83. The number of carbonyl (C=O) groups is 2. The smallest absolute Gasteiger partial charge is 0.435 e. The van der Waals surface area contributed by atoms with Gasteiger partial charge in [0.25, 0.3) is 0 Å². The Morgan fingerprint density at radius 1 is 0.969 bits per heavy atom. The summed E-state index contributed by atoms with van der Waals surface area (Å²) in [5, 5.41) is 10.5. The van der Waals surface area contributed by atoms with Crippen molar-refractivity contribution in [1.82, 2.24) is 9.78 Å². The quantitative estimate of drug-likeness (QED) is 0.649. The van der Waals surface area contributed by atoms with Crippen LogP contribution in [0.3, 0.4) is 0 Å². The Bertz CT molecular complexity index is 927. The van der Waals surface area contributed by atoms with Crippen molar-refractivity contribution in [2.24, 2.45) is 5.92 Å².